The van der Waals surface area contributed by atoms with E-state index in [1.807, 2.05) is 78.2 Å². The average molecular weight is 481 g/mol. The van der Waals surface area contributed by atoms with Crippen molar-refractivity contribution in [1.29, 1.82) is 0 Å². The van der Waals surface area contributed by atoms with E-state index in [2.05, 4.69) is 10.2 Å². The number of aryl methyl sites for hydroxylation is 1. The maximum absolute atomic E-state index is 11.6. The van der Waals surface area contributed by atoms with Crippen LogP contribution >= 0.6 is 23.4 Å². The Kier molecular flexibility index (Phi) is 7.26. The van der Waals surface area contributed by atoms with Gasteiger partial charge >= 0.3 is 0 Å². The number of thioether (sulfide) groups is 1. The van der Waals surface area contributed by atoms with Gasteiger partial charge in [-0.2, -0.15) is 0 Å². The van der Waals surface area contributed by atoms with E-state index >= 15 is 0 Å². The molecule has 0 unspecified atom stereocenters. The molecule has 0 aliphatic heterocycles. The van der Waals surface area contributed by atoms with Crippen molar-refractivity contribution in [1.82, 2.24) is 14.8 Å². The number of nitro groups is 1. The summed E-state index contributed by atoms with van der Waals surface area (Å²) in [5.41, 5.74) is 2.58. The number of nitrogens with zero attached hydrogens (tertiary/aromatic N) is 4. The number of halogens is 1. The molecule has 0 saturated carbocycles. The van der Waals surface area contributed by atoms with Crippen LogP contribution in [0.5, 0.6) is 5.75 Å². The normalized spacial score (nSPS) is 11.8. The molecule has 0 fully saturated rings. The zero-order valence-corrected chi connectivity index (χ0v) is 19.4. The van der Waals surface area contributed by atoms with Crippen LogP contribution in [-0.2, 0) is 6.61 Å². The summed E-state index contributed by atoms with van der Waals surface area (Å²) < 4.78 is 7.96. The molecule has 9 heteroatoms. The molecular weight excluding hydrogens is 460 g/mol. The fraction of sp³-hybridized carbons (Fsp3) is 0.167. The zero-order chi connectivity index (χ0) is 23.2. The van der Waals surface area contributed by atoms with Gasteiger partial charge in [0.15, 0.2) is 5.16 Å². The second kappa shape index (κ2) is 10.5. The van der Waals surface area contributed by atoms with Gasteiger partial charge in [0, 0.05) is 21.2 Å². The summed E-state index contributed by atoms with van der Waals surface area (Å²) in [4.78, 5) is 11.2. The molecule has 0 radical (unpaired) electrons. The standard InChI is InChI=1S/C24H21ClN4O3S/c1-17-26-27-24(29(17)20-7-3-2-4-8-20)33-23(15-28(30)31)21-9-5-6-10-22(21)32-16-18-11-13-19(25)14-12-18/h2-14,23H,15-16H2,1H3/t23-/m1/s1. The van der Waals surface area contributed by atoms with Crippen LogP contribution in [-0.4, -0.2) is 26.2 Å². The maximum atomic E-state index is 11.6. The summed E-state index contributed by atoms with van der Waals surface area (Å²) in [6.07, 6.45) is 0. The van der Waals surface area contributed by atoms with Crippen LogP contribution in [0, 0.1) is 17.0 Å². The molecule has 3 aromatic carbocycles. The van der Waals surface area contributed by atoms with Crippen molar-refractivity contribution in [3.63, 3.8) is 0 Å². The highest BCUT2D eigenvalue weighted by atomic mass is 35.5. The molecule has 4 aromatic rings. The SMILES string of the molecule is Cc1nnc(S[C@H](C[N+](=O)[O-])c2ccccc2OCc2ccc(Cl)cc2)n1-c1ccccc1. The average Bonchev–Trinajstić information content (AvgIpc) is 3.18. The molecular formula is C24H21ClN4O3S. The molecule has 0 aliphatic rings. The van der Waals surface area contributed by atoms with Crippen molar-refractivity contribution in [3.8, 4) is 11.4 Å². The molecule has 168 valence electrons. The lowest BCUT2D eigenvalue weighted by Gasteiger charge is -2.18. The van der Waals surface area contributed by atoms with E-state index in [4.69, 9.17) is 16.3 Å². The third-order valence-corrected chi connectivity index (χ3v) is 6.36. The van der Waals surface area contributed by atoms with Crippen LogP contribution in [0.2, 0.25) is 5.02 Å². The van der Waals surface area contributed by atoms with Gasteiger partial charge in [-0.3, -0.25) is 14.7 Å². The van der Waals surface area contributed by atoms with Crippen LogP contribution < -0.4 is 4.74 Å². The predicted molar refractivity (Wildman–Crippen MR) is 129 cm³/mol. The first kappa shape index (κ1) is 22.8. The third-order valence-electron chi connectivity index (χ3n) is 4.95. The Balaban J connectivity index is 1.63. The summed E-state index contributed by atoms with van der Waals surface area (Å²) in [7, 11) is 0. The Morgan fingerprint density at radius 3 is 2.45 bits per heavy atom. The smallest absolute Gasteiger partial charge is 0.220 e. The fourth-order valence-corrected chi connectivity index (χ4v) is 4.70. The molecule has 0 bridgehead atoms. The van der Waals surface area contributed by atoms with Crippen LogP contribution in [0.3, 0.4) is 0 Å². The molecule has 1 atom stereocenters. The molecule has 0 N–H and O–H groups in total. The first-order chi connectivity index (χ1) is 16.0. The molecule has 4 rings (SSSR count). The minimum atomic E-state index is -0.521. The molecule has 1 aromatic heterocycles. The van der Waals surface area contributed by atoms with Crippen molar-refractivity contribution in [2.45, 2.75) is 23.9 Å². The van der Waals surface area contributed by atoms with Crippen molar-refractivity contribution in [2.75, 3.05) is 6.54 Å². The Bertz CT molecular complexity index is 1230. The summed E-state index contributed by atoms with van der Waals surface area (Å²) in [5, 5.41) is 20.8. The predicted octanol–water partition coefficient (Wildman–Crippen LogP) is 5.92. The number of rotatable bonds is 9. The minimum Gasteiger partial charge on any atom is -0.489 e. The quantitative estimate of drug-likeness (QED) is 0.168. The Morgan fingerprint density at radius 1 is 1.03 bits per heavy atom. The van der Waals surface area contributed by atoms with Crippen molar-refractivity contribution in [3.05, 3.63) is 111 Å². The van der Waals surface area contributed by atoms with E-state index in [-0.39, 0.29) is 11.5 Å². The van der Waals surface area contributed by atoms with Gasteiger partial charge < -0.3 is 4.74 Å². The van der Waals surface area contributed by atoms with Gasteiger partial charge in [-0.15, -0.1) is 10.2 Å². The Morgan fingerprint density at radius 2 is 1.73 bits per heavy atom. The molecule has 7 nitrogen and oxygen atoms in total. The number of hydrogen-bond acceptors (Lipinski definition) is 6. The number of ether oxygens (including phenoxy) is 1. The van der Waals surface area contributed by atoms with Gasteiger partial charge in [0.1, 0.15) is 23.4 Å². The highest BCUT2D eigenvalue weighted by Crippen LogP contribution is 2.40. The van der Waals surface area contributed by atoms with Crippen LogP contribution in [0.15, 0.2) is 84.0 Å². The van der Waals surface area contributed by atoms with Gasteiger partial charge in [-0.05, 0) is 42.8 Å². The largest absolute Gasteiger partial charge is 0.489 e. The maximum Gasteiger partial charge on any atom is 0.220 e. The Hall–Kier alpha value is -3.36. The second-order valence-electron chi connectivity index (χ2n) is 7.28. The third kappa shape index (κ3) is 5.71. The number of para-hydroxylation sites is 2. The van der Waals surface area contributed by atoms with E-state index in [1.165, 1.54) is 11.8 Å². The van der Waals surface area contributed by atoms with E-state index in [1.54, 1.807) is 12.1 Å². The second-order valence-corrected chi connectivity index (χ2v) is 8.88. The molecule has 0 aliphatic carbocycles. The van der Waals surface area contributed by atoms with Crippen molar-refractivity contribution in [2.24, 2.45) is 0 Å². The first-order valence-electron chi connectivity index (χ1n) is 10.2. The van der Waals surface area contributed by atoms with Gasteiger partial charge in [0.05, 0.1) is 0 Å². The number of aromatic nitrogens is 3. The van der Waals surface area contributed by atoms with Crippen LogP contribution in [0.1, 0.15) is 22.2 Å². The summed E-state index contributed by atoms with van der Waals surface area (Å²) in [5.74, 6) is 1.30. The highest BCUT2D eigenvalue weighted by Gasteiger charge is 2.26. The minimum absolute atomic E-state index is 0.285. The van der Waals surface area contributed by atoms with Crippen LogP contribution in [0.4, 0.5) is 0 Å². The monoisotopic (exact) mass is 480 g/mol. The van der Waals surface area contributed by atoms with Gasteiger partial charge in [0.2, 0.25) is 6.54 Å². The van der Waals surface area contributed by atoms with Gasteiger partial charge in [-0.25, -0.2) is 0 Å². The highest BCUT2D eigenvalue weighted by molar-refractivity contribution is 7.99. The van der Waals surface area contributed by atoms with Gasteiger partial charge in [0.25, 0.3) is 0 Å². The van der Waals surface area contributed by atoms with Gasteiger partial charge in [-0.1, -0.05) is 71.9 Å². The van der Waals surface area contributed by atoms with Crippen LogP contribution in [0.25, 0.3) is 5.69 Å². The zero-order valence-electron chi connectivity index (χ0n) is 17.8. The summed E-state index contributed by atoms with van der Waals surface area (Å²) >= 11 is 7.26. The van der Waals surface area contributed by atoms with E-state index in [0.717, 1.165) is 16.8 Å². The Labute approximate surface area is 200 Å². The molecule has 0 spiro atoms. The molecule has 1 heterocycles. The summed E-state index contributed by atoms with van der Waals surface area (Å²) in [6.45, 7) is 1.89. The number of hydrogen-bond donors (Lipinski definition) is 0. The van der Waals surface area contributed by atoms with E-state index < -0.39 is 5.25 Å². The molecule has 33 heavy (non-hydrogen) atoms. The van der Waals surface area contributed by atoms with E-state index in [0.29, 0.717) is 28.4 Å². The van der Waals surface area contributed by atoms with Crippen molar-refractivity contribution >= 4 is 23.4 Å². The molecule has 0 amide bonds. The fourth-order valence-electron chi connectivity index (χ4n) is 3.38. The first-order valence-corrected chi connectivity index (χ1v) is 11.5. The van der Waals surface area contributed by atoms with E-state index in [9.17, 15) is 10.1 Å². The van der Waals surface area contributed by atoms with Crippen molar-refractivity contribution < 1.29 is 9.66 Å². The lowest BCUT2D eigenvalue weighted by molar-refractivity contribution is -0.479. The molecule has 0 saturated heterocycles. The topological polar surface area (TPSA) is 83.1 Å². The lowest BCUT2D eigenvalue weighted by atomic mass is 10.1. The lowest BCUT2D eigenvalue weighted by Crippen LogP contribution is -2.12. The summed E-state index contributed by atoms with van der Waals surface area (Å²) in [6, 6.07) is 24.5. The number of benzene rings is 3.